The third-order valence-electron chi connectivity index (χ3n) is 2.12. The van der Waals surface area contributed by atoms with Crippen molar-refractivity contribution in [3.63, 3.8) is 0 Å². The van der Waals surface area contributed by atoms with Crippen LogP contribution in [0.25, 0.3) is 0 Å². The Labute approximate surface area is 101 Å². The Hall–Kier alpha value is -1.67. The molecular weight excluding hydrogens is 272 g/mol. The van der Waals surface area contributed by atoms with E-state index < -0.39 is 10.8 Å². The zero-order valence-corrected chi connectivity index (χ0v) is 9.98. The third-order valence-corrected chi connectivity index (χ3v) is 2.61. The molecular formula is C11H9BrN2O2. The van der Waals surface area contributed by atoms with Crippen LogP contribution in [0.15, 0.2) is 35.3 Å². The molecule has 0 radical (unpaired) electrons. The summed E-state index contributed by atoms with van der Waals surface area (Å²) in [5.41, 5.74) is 0.387. The highest BCUT2D eigenvalue weighted by molar-refractivity contribution is 9.10. The maximum Gasteiger partial charge on any atom is 0.274 e. The molecule has 16 heavy (non-hydrogen) atoms. The Bertz CT molecular complexity index is 466. The summed E-state index contributed by atoms with van der Waals surface area (Å²) in [7, 11) is 0. The second-order valence-corrected chi connectivity index (χ2v) is 4.08. The van der Waals surface area contributed by atoms with Crippen molar-refractivity contribution in [1.29, 1.82) is 5.26 Å². The first kappa shape index (κ1) is 12.4. The minimum atomic E-state index is -0.532. The topological polar surface area (TPSA) is 66.9 Å². The fourth-order valence-electron chi connectivity index (χ4n) is 1.39. The molecule has 1 atom stereocenters. The van der Waals surface area contributed by atoms with Crippen LogP contribution in [0.1, 0.15) is 17.9 Å². The zero-order valence-electron chi connectivity index (χ0n) is 8.39. The smallest absolute Gasteiger partial charge is 0.258 e. The number of hydrogen-bond acceptors (Lipinski definition) is 3. The standard InChI is InChI=1S/C11H9BrN2O2/c1-2-3-8(7-13)10-6-9(12)4-5-11(10)14(15)16/h2,4-6,8H,1,3H2. The van der Waals surface area contributed by atoms with Gasteiger partial charge in [0.1, 0.15) is 0 Å². The molecule has 0 bridgehead atoms. The van der Waals surface area contributed by atoms with E-state index in [4.69, 9.17) is 5.26 Å². The molecule has 1 aromatic rings. The van der Waals surface area contributed by atoms with Gasteiger partial charge in [-0.2, -0.15) is 5.26 Å². The summed E-state index contributed by atoms with van der Waals surface area (Å²) >= 11 is 3.24. The normalized spacial score (nSPS) is 11.5. The van der Waals surface area contributed by atoms with Crippen LogP contribution < -0.4 is 0 Å². The first-order valence-corrected chi connectivity index (χ1v) is 5.33. The Balaban J connectivity index is 3.28. The summed E-state index contributed by atoms with van der Waals surface area (Å²) in [6, 6.07) is 6.63. The number of hydrogen-bond donors (Lipinski definition) is 0. The number of nitro benzene ring substituents is 1. The molecule has 82 valence electrons. The van der Waals surface area contributed by atoms with Crippen molar-refractivity contribution < 1.29 is 4.92 Å². The largest absolute Gasteiger partial charge is 0.274 e. The van der Waals surface area contributed by atoms with Crippen LogP contribution in [0, 0.1) is 21.4 Å². The van der Waals surface area contributed by atoms with Gasteiger partial charge in [0.05, 0.1) is 16.9 Å². The predicted molar refractivity (Wildman–Crippen MR) is 64.0 cm³/mol. The minimum absolute atomic E-state index is 0.0309. The summed E-state index contributed by atoms with van der Waals surface area (Å²) in [5.74, 6) is -0.532. The number of nitriles is 1. The van der Waals surface area contributed by atoms with Crippen molar-refractivity contribution in [2.24, 2.45) is 0 Å². The average molecular weight is 281 g/mol. The molecule has 1 unspecified atom stereocenters. The monoisotopic (exact) mass is 280 g/mol. The van der Waals surface area contributed by atoms with Crippen molar-refractivity contribution in [2.45, 2.75) is 12.3 Å². The molecule has 0 amide bonds. The van der Waals surface area contributed by atoms with E-state index in [0.717, 1.165) is 4.47 Å². The maximum absolute atomic E-state index is 10.8. The molecule has 0 heterocycles. The van der Waals surface area contributed by atoms with Crippen LogP contribution in [0.5, 0.6) is 0 Å². The maximum atomic E-state index is 10.8. The molecule has 0 aliphatic carbocycles. The lowest BCUT2D eigenvalue weighted by atomic mass is 9.96. The van der Waals surface area contributed by atoms with Gasteiger partial charge in [-0.3, -0.25) is 10.1 Å². The summed E-state index contributed by atoms with van der Waals surface area (Å²) in [6.45, 7) is 3.54. The van der Waals surface area contributed by atoms with Crippen LogP contribution in [0.2, 0.25) is 0 Å². The van der Waals surface area contributed by atoms with E-state index in [1.165, 1.54) is 6.07 Å². The quantitative estimate of drug-likeness (QED) is 0.481. The predicted octanol–water partition coefficient (Wildman–Crippen LogP) is 3.54. The van der Waals surface area contributed by atoms with Crippen LogP contribution in [0.3, 0.4) is 0 Å². The molecule has 4 nitrogen and oxygen atoms in total. The number of allylic oxidation sites excluding steroid dienone is 1. The number of nitrogens with zero attached hydrogens (tertiary/aromatic N) is 2. The lowest BCUT2D eigenvalue weighted by Crippen LogP contribution is -2.00. The Morgan fingerprint density at radius 1 is 1.69 bits per heavy atom. The van der Waals surface area contributed by atoms with Crippen molar-refractivity contribution in [2.75, 3.05) is 0 Å². The van der Waals surface area contributed by atoms with Gasteiger partial charge in [0.15, 0.2) is 0 Å². The lowest BCUT2D eigenvalue weighted by molar-refractivity contribution is -0.385. The molecule has 5 heteroatoms. The summed E-state index contributed by atoms with van der Waals surface area (Å²) in [6.07, 6.45) is 1.98. The number of halogens is 1. The highest BCUT2D eigenvalue weighted by Crippen LogP contribution is 2.31. The number of benzene rings is 1. The summed E-state index contributed by atoms with van der Waals surface area (Å²) < 4.78 is 0.720. The molecule has 1 rings (SSSR count). The van der Waals surface area contributed by atoms with Crippen LogP contribution >= 0.6 is 15.9 Å². The van der Waals surface area contributed by atoms with Gasteiger partial charge in [-0.1, -0.05) is 22.0 Å². The molecule has 0 spiro atoms. The van der Waals surface area contributed by atoms with E-state index in [0.29, 0.717) is 12.0 Å². The van der Waals surface area contributed by atoms with Gasteiger partial charge in [-0.05, 0) is 18.6 Å². The second-order valence-electron chi connectivity index (χ2n) is 3.17. The van der Waals surface area contributed by atoms with Gasteiger partial charge in [0, 0.05) is 16.1 Å². The fourth-order valence-corrected chi connectivity index (χ4v) is 1.77. The first-order chi connectivity index (χ1) is 7.60. The Kier molecular flexibility index (Phi) is 4.20. The van der Waals surface area contributed by atoms with Crippen LogP contribution in [-0.4, -0.2) is 4.92 Å². The Morgan fingerprint density at radius 3 is 2.88 bits per heavy atom. The van der Waals surface area contributed by atoms with Crippen molar-refractivity contribution in [3.8, 4) is 6.07 Å². The second kappa shape index (κ2) is 5.42. The SMILES string of the molecule is C=CCC(C#N)c1cc(Br)ccc1[N+](=O)[O-]. The molecule has 0 aliphatic rings. The molecule has 1 aromatic carbocycles. The molecule has 0 saturated heterocycles. The molecule has 0 N–H and O–H groups in total. The van der Waals surface area contributed by atoms with E-state index >= 15 is 0 Å². The Morgan fingerprint density at radius 2 is 2.38 bits per heavy atom. The summed E-state index contributed by atoms with van der Waals surface area (Å²) in [4.78, 5) is 10.3. The van der Waals surface area contributed by atoms with E-state index in [2.05, 4.69) is 22.5 Å². The van der Waals surface area contributed by atoms with Crippen molar-refractivity contribution >= 4 is 21.6 Å². The third kappa shape index (κ3) is 2.67. The summed E-state index contributed by atoms with van der Waals surface area (Å²) in [5, 5.41) is 19.8. The van der Waals surface area contributed by atoms with Gasteiger partial charge < -0.3 is 0 Å². The number of nitro groups is 1. The van der Waals surface area contributed by atoms with E-state index in [1.807, 2.05) is 6.07 Å². The average Bonchev–Trinajstić information content (AvgIpc) is 2.25. The minimum Gasteiger partial charge on any atom is -0.258 e. The molecule has 0 aliphatic heterocycles. The van der Waals surface area contributed by atoms with Crippen molar-refractivity contribution in [3.05, 3.63) is 51.0 Å². The van der Waals surface area contributed by atoms with Gasteiger partial charge >= 0.3 is 0 Å². The van der Waals surface area contributed by atoms with Gasteiger partial charge in [0.2, 0.25) is 0 Å². The highest BCUT2D eigenvalue weighted by atomic mass is 79.9. The lowest BCUT2D eigenvalue weighted by Gasteiger charge is -2.07. The van der Waals surface area contributed by atoms with E-state index in [-0.39, 0.29) is 5.69 Å². The first-order valence-electron chi connectivity index (χ1n) is 4.54. The fraction of sp³-hybridized carbons (Fsp3) is 0.182. The molecule has 0 aromatic heterocycles. The van der Waals surface area contributed by atoms with Gasteiger partial charge in [0.25, 0.3) is 5.69 Å². The molecule has 0 fully saturated rings. The highest BCUT2D eigenvalue weighted by Gasteiger charge is 2.21. The van der Waals surface area contributed by atoms with Gasteiger partial charge in [-0.15, -0.1) is 6.58 Å². The molecule has 0 saturated carbocycles. The van der Waals surface area contributed by atoms with E-state index in [9.17, 15) is 10.1 Å². The van der Waals surface area contributed by atoms with Crippen molar-refractivity contribution in [1.82, 2.24) is 0 Å². The van der Waals surface area contributed by atoms with Crippen LogP contribution in [-0.2, 0) is 0 Å². The zero-order chi connectivity index (χ0) is 12.1. The van der Waals surface area contributed by atoms with Crippen LogP contribution in [0.4, 0.5) is 5.69 Å². The van der Waals surface area contributed by atoms with E-state index in [1.54, 1.807) is 18.2 Å². The number of rotatable bonds is 4. The van der Waals surface area contributed by atoms with Gasteiger partial charge in [-0.25, -0.2) is 0 Å².